The Morgan fingerprint density at radius 1 is 0.846 bits per heavy atom. The van der Waals surface area contributed by atoms with Crippen molar-refractivity contribution >= 4 is 33.4 Å². The van der Waals surface area contributed by atoms with E-state index in [1.165, 1.54) is 58.3 Å². The fraction of sp³-hybridized carbons (Fsp3) is 0.321. The van der Waals surface area contributed by atoms with E-state index in [2.05, 4.69) is 17.4 Å². The topological polar surface area (TPSA) is 103 Å². The molecule has 1 N–H and O–H groups in total. The predicted octanol–water partition coefficient (Wildman–Crippen LogP) is 4.36. The number of hydrogen-bond acceptors (Lipinski definition) is 8. The van der Waals surface area contributed by atoms with Crippen LogP contribution in [0.4, 0.5) is 5.69 Å². The van der Waals surface area contributed by atoms with E-state index in [9.17, 15) is 13.2 Å². The second kappa shape index (κ2) is 14.5. The SMILES string of the molecule is COc1ccc(OC)c(N(CC(=O)NCCCSCc2ccccc2)S(=O)(=O)c2ccc(OC)c(OC)c2)c1. The third kappa shape index (κ3) is 7.96. The minimum absolute atomic E-state index is 0.0739. The highest BCUT2D eigenvalue weighted by Crippen LogP contribution is 2.37. The molecule has 0 radical (unpaired) electrons. The number of rotatable bonds is 15. The van der Waals surface area contributed by atoms with E-state index in [0.717, 1.165) is 22.2 Å². The van der Waals surface area contributed by atoms with Gasteiger partial charge in [-0.15, -0.1) is 0 Å². The largest absolute Gasteiger partial charge is 0.497 e. The number of sulfonamides is 1. The van der Waals surface area contributed by atoms with Crippen molar-refractivity contribution in [2.24, 2.45) is 0 Å². The highest BCUT2D eigenvalue weighted by atomic mass is 32.2. The Bertz CT molecular complexity index is 1330. The molecule has 1 amide bonds. The van der Waals surface area contributed by atoms with E-state index in [4.69, 9.17) is 18.9 Å². The second-order valence-corrected chi connectivity index (χ2v) is 11.3. The maximum atomic E-state index is 13.9. The van der Waals surface area contributed by atoms with Crippen molar-refractivity contribution in [2.75, 3.05) is 51.6 Å². The van der Waals surface area contributed by atoms with Gasteiger partial charge in [0.05, 0.1) is 39.0 Å². The lowest BCUT2D eigenvalue weighted by molar-refractivity contribution is -0.119. The number of carbonyl (C=O) groups excluding carboxylic acids is 1. The maximum Gasteiger partial charge on any atom is 0.265 e. The quantitative estimate of drug-likeness (QED) is 0.267. The Labute approximate surface area is 234 Å². The number of methoxy groups -OCH3 is 4. The van der Waals surface area contributed by atoms with Crippen molar-refractivity contribution < 1.29 is 32.2 Å². The molecular weight excluding hydrogens is 540 g/mol. The first-order chi connectivity index (χ1) is 18.8. The van der Waals surface area contributed by atoms with Gasteiger partial charge in [0.15, 0.2) is 11.5 Å². The molecule has 9 nitrogen and oxygen atoms in total. The molecule has 11 heteroatoms. The predicted molar refractivity (Wildman–Crippen MR) is 154 cm³/mol. The first-order valence-corrected chi connectivity index (χ1v) is 14.8. The molecule has 0 bridgehead atoms. The standard InChI is InChI=1S/C28H34N2O7S2/c1-34-22-11-13-25(35-2)24(17-22)30(39(32,33)23-12-14-26(36-3)27(18-23)37-4)19-28(31)29-15-8-16-38-20-21-9-6-5-7-10-21/h5-7,9-14,17-18H,8,15-16,19-20H2,1-4H3,(H,29,31). The lowest BCUT2D eigenvalue weighted by Gasteiger charge is -2.26. The van der Waals surface area contributed by atoms with Gasteiger partial charge in [-0.2, -0.15) is 11.8 Å². The normalized spacial score (nSPS) is 11.0. The summed E-state index contributed by atoms with van der Waals surface area (Å²) < 4.78 is 50.1. The van der Waals surface area contributed by atoms with Crippen molar-refractivity contribution in [3.8, 4) is 23.0 Å². The summed E-state index contributed by atoms with van der Waals surface area (Å²) >= 11 is 1.78. The summed E-state index contributed by atoms with van der Waals surface area (Å²) in [5, 5.41) is 2.84. The van der Waals surface area contributed by atoms with Gasteiger partial charge < -0.3 is 24.3 Å². The number of hydrogen-bond donors (Lipinski definition) is 1. The molecule has 0 aliphatic carbocycles. The number of ether oxygens (including phenoxy) is 4. The van der Waals surface area contributed by atoms with Gasteiger partial charge in [-0.05, 0) is 42.0 Å². The van der Waals surface area contributed by atoms with E-state index in [1.807, 2.05) is 18.2 Å². The van der Waals surface area contributed by atoms with E-state index < -0.39 is 22.5 Å². The molecule has 0 unspecified atom stereocenters. The summed E-state index contributed by atoms with van der Waals surface area (Å²) in [5.74, 6) is 2.60. The lowest BCUT2D eigenvalue weighted by atomic mass is 10.2. The van der Waals surface area contributed by atoms with E-state index in [1.54, 1.807) is 23.9 Å². The molecule has 0 saturated heterocycles. The number of nitrogens with zero attached hydrogens (tertiary/aromatic N) is 1. The lowest BCUT2D eigenvalue weighted by Crippen LogP contribution is -2.41. The van der Waals surface area contributed by atoms with Crippen LogP contribution in [0.5, 0.6) is 23.0 Å². The second-order valence-electron chi connectivity index (χ2n) is 8.31. The highest BCUT2D eigenvalue weighted by molar-refractivity contribution is 7.98. The highest BCUT2D eigenvalue weighted by Gasteiger charge is 2.31. The van der Waals surface area contributed by atoms with Gasteiger partial charge in [-0.1, -0.05) is 30.3 Å². The molecule has 39 heavy (non-hydrogen) atoms. The van der Waals surface area contributed by atoms with Crippen LogP contribution in [0, 0.1) is 0 Å². The Hall–Kier alpha value is -3.57. The van der Waals surface area contributed by atoms with Gasteiger partial charge in [0, 0.05) is 24.4 Å². The third-order valence-electron chi connectivity index (χ3n) is 5.78. The van der Waals surface area contributed by atoms with Gasteiger partial charge in [0.1, 0.15) is 18.0 Å². The average molecular weight is 575 g/mol. The number of nitrogens with one attached hydrogen (secondary N) is 1. The molecule has 0 spiro atoms. The van der Waals surface area contributed by atoms with Gasteiger partial charge in [0.25, 0.3) is 10.0 Å². The summed E-state index contributed by atoms with van der Waals surface area (Å²) in [7, 11) is 1.55. The van der Waals surface area contributed by atoms with Crippen LogP contribution in [-0.4, -0.2) is 61.6 Å². The summed E-state index contributed by atoms with van der Waals surface area (Å²) in [6.07, 6.45) is 0.744. The van der Waals surface area contributed by atoms with Crippen LogP contribution in [0.25, 0.3) is 0 Å². The minimum atomic E-state index is -4.24. The number of carbonyl (C=O) groups is 1. The molecule has 0 aliphatic rings. The number of anilines is 1. The Morgan fingerprint density at radius 2 is 1.54 bits per heavy atom. The molecule has 0 saturated carbocycles. The molecular formula is C28H34N2O7S2. The molecule has 3 aromatic carbocycles. The Kier molecular flexibility index (Phi) is 11.2. The monoisotopic (exact) mass is 574 g/mol. The number of thioether (sulfide) groups is 1. The first kappa shape index (κ1) is 30.0. The summed E-state index contributed by atoms with van der Waals surface area (Å²) in [5.41, 5.74) is 1.41. The first-order valence-electron chi connectivity index (χ1n) is 12.2. The summed E-state index contributed by atoms with van der Waals surface area (Å²) in [6.45, 7) is -0.0442. The van der Waals surface area contributed by atoms with Crippen molar-refractivity contribution in [2.45, 2.75) is 17.1 Å². The summed E-state index contributed by atoms with van der Waals surface area (Å²) in [4.78, 5) is 12.9. The van der Waals surface area contributed by atoms with E-state index >= 15 is 0 Å². The van der Waals surface area contributed by atoms with Gasteiger partial charge in [-0.3, -0.25) is 9.10 Å². The zero-order valence-electron chi connectivity index (χ0n) is 22.5. The zero-order chi connectivity index (χ0) is 28.3. The molecule has 3 aromatic rings. The molecule has 3 rings (SSSR count). The third-order valence-corrected chi connectivity index (χ3v) is 8.65. The molecule has 210 valence electrons. The van der Waals surface area contributed by atoms with E-state index in [0.29, 0.717) is 18.0 Å². The van der Waals surface area contributed by atoms with Crippen LogP contribution >= 0.6 is 11.8 Å². The Morgan fingerprint density at radius 3 is 2.21 bits per heavy atom. The van der Waals surface area contributed by atoms with Crippen LogP contribution < -0.4 is 28.6 Å². The average Bonchev–Trinajstić information content (AvgIpc) is 2.97. The number of benzene rings is 3. The van der Waals surface area contributed by atoms with Crippen LogP contribution in [0.1, 0.15) is 12.0 Å². The van der Waals surface area contributed by atoms with Crippen LogP contribution in [0.3, 0.4) is 0 Å². The minimum Gasteiger partial charge on any atom is -0.497 e. The molecule has 0 aliphatic heterocycles. The van der Waals surface area contributed by atoms with Gasteiger partial charge in [0.2, 0.25) is 5.91 Å². The molecule has 0 heterocycles. The van der Waals surface area contributed by atoms with Crippen molar-refractivity contribution in [1.29, 1.82) is 0 Å². The van der Waals surface area contributed by atoms with Crippen LogP contribution in [0.2, 0.25) is 0 Å². The van der Waals surface area contributed by atoms with Gasteiger partial charge in [-0.25, -0.2) is 8.42 Å². The zero-order valence-corrected chi connectivity index (χ0v) is 24.1. The molecule has 0 aromatic heterocycles. The van der Waals surface area contributed by atoms with Crippen LogP contribution in [-0.2, 0) is 20.6 Å². The fourth-order valence-electron chi connectivity index (χ4n) is 3.75. The molecule has 0 fully saturated rings. The van der Waals surface area contributed by atoms with Crippen molar-refractivity contribution in [1.82, 2.24) is 5.32 Å². The Balaban J connectivity index is 1.78. The fourth-order valence-corrected chi connectivity index (χ4v) is 6.11. The van der Waals surface area contributed by atoms with Gasteiger partial charge >= 0.3 is 0 Å². The molecule has 0 atom stereocenters. The maximum absolute atomic E-state index is 13.9. The van der Waals surface area contributed by atoms with Crippen molar-refractivity contribution in [3.63, 3.8) is 0 Å². The van der Waals surface area contributed by atoms with E-state index in [-0.39, 0.29) is 22.1 Å². The number of amides is 1. The van der Waals surface area contributed by atoms with Crippen molar-refractivity contribution in [3.05, 3.63) is 72.3 Å². The van der Waals surface area contributed by atoms with Crippen LogP contribution in [0.15, 0.2) is 71.6 Å². The smallest absolute Gasteiger partial charge is 0.265 e. The summed E-state index contributed by atoms with van der Waals surface area (Å²) in [6, 6.07) is 19.2.